The van der Waals surface area contributed by atoms with Crippen molar-refractivity contribution in [2.75, 3.05) is 0 Å². The molecule has 0 nitrogen and oxygen atoms in total. The van der Waals surface area contributed by atoms with Gasteiger partial charge < -0.3 is 0 Å². The van der Waals surface area contributed by atoms with Gasteiger partial charge in [0.1, 0.15) is 0 Å². The van der Waals surface area contributed by atoms with Crippen LogP contribution >= 0.6 is 452 Å². The summed E-state index contributed by atoms with van der Waals surface area (Å²) in [7, 11) is 0. The smallest absolute Gasteiger partial charge is 0.0982 e. The van der Waals surface area contributed by atoms with Crippen molar-refractivity contribution in [1.29, 1.82) is 0 Å². The lowest BCUT2D eigenvalue weighted by molar-refractivity contribution is 0.389. The summed E-state index contributed by atoms with van der Waals surface area (Å²) in [5.74, 6) is 0. The van der Waals surface area contributed by atoms with Crippen molar-refractivity contribution < 1.29 is 0 Å². The molecule has 0 rings (SSSR count). The second kappa shape index (κ2) is 20.6. The molecule has 0 aromatic heterocycles. The van der Waals surface area contributed by atoms with E-state index in [0.29, 0.717) is 0 Å². The zero-order chi connectivity index (χ0) is 49.5. The normalized spacial score (nSPS) is 17.5. The highest BCUT2D eigenvalue weighted by molar-refractivity contribution is 6.86. The summed E-state index contributed by atoms with van der Waals surface area (Å²) in [5, 5.41) is 0. The SMILES string of the molecule is [CH2]C(Cl)(Cl)C(Cl)(Cl)C(Cl)(Cl)C(Cl)(Cl)C(Cl)(Cl)C(Cl)(Cl)C(Cl)(Cl)C(Cl)(Cl)C(Cl)(Cl)C(Cl)(Cl)C(Cl)(Cl)C(Cl)(Cl)C(Cl)(Cl)C(Cl)(Cl)C(Cl)(Cl)C(Cl)(Cl)C(Cl)(Cl)C(Cl)(Cl)C(Cl)(Cl)Cl. The molecule has 0 saturated carbocycles. The third-order valence-corrected chi connectivity index (χ3v) is 35.1. The number of hydrogen-bond acceptors (Lipinski definition) is 0. The van der Waals surface area contributed by atoms with Crippen LogP contribution in [0.3, 0.4) is 0 Å². The molecule has 355 valence electrons. The van der Waals surface area contributed by atoms with Gasteiger partial charge in [-0.3, -0.25) is 0 Å². The van der Waals surface area contributed by atoms with Gasteiger partial charge in [0, 0.05) is 0 Å². The summed E-state index contributed by atoms with van der Waals surface area (Å²) in [5.41, 5.74) is 0. The molecule has 0 aliphatic rings. The third kappa shape index (κ3) is 10.5. The lowest BCUT2D eigenvalue weighted by Gasteiger charge is -2.59. The maximum Gasteiger partial charge on any atom is 0.226 e. The summed E-state index contributed by atoms with van der Waals surface area (Å²) >= 11 is 249. The molecule has 0 unspecified atom stereocenters. The summed E-state index contributed by atoms with van der Waals surface area (Å²) in [6.07, 6.45) is 0. The molecule has 0 aliphatic heterocycles. The Balaban J connectivity index is 7.92. The minimum Gasteiger partial charge on any atom is -0.0982 e. The van der Waals surface area contributed by atoms with Crippen LogP contribution in [0.4, 0.5) is 0 Å². The number of hydrogen-bond donors (Lipinski definition) is 0. The Bertz CT molecular complexity index is 1410. The first-order chi connectivity index (χ1) is 24.5. The second-order valence-electron chi connectivity index (χ2n) is 11.0. The highest BCUT2D eigenvalue weighted by atomic mass is 35.6. The first-order valence-corrected chi connectivity index (χ1v) is 27.0. The van der Waals surface area contributed by atoms with Gasteiger partial charge in [-0.05, 0) is 6.92 Å². The maximum absolute atomic E-state index is 6.60. The molecule has 0 fully saturated rings. The fourth-order valence-corrected chi connectivity index (χ4v) is 16.6. The Morgan fingerprint density at radius 1 is 0.136 bits per heavy atom. The molecule has 0 aromatic rings. The van der Waals surface area contributed by atoms with Crippen LogP contribution in [0.15, 0.2) is 0 Å². The van der Waals surface area contributed by atoms with Crippen LogP contribution in [-0.2, 0) is 0 Å². The van der Waals surface area contributed by atoms with E-state index in [2.05, 4.69) is 6.92 Å². The molecule has 0 bridgehead atoms. The van der Waals surface area contributed by atoms with Gasteiger partial charge in [0.25, 0.3) is 0 Å². The predicted molar refractivity (Wildman–Crippen MR) is 286 cm³/mol. The molecule has 1 radical (unpaired) electrons. The Hall–Kier alpha value is 11.3. The average molecular weight is 1620 g/mol. The van der Waals surface area contributed by atoms with Gasteiger partial charge in [0.15, 0.2) is 73.7 Å². The van der Waals surface area contributed by atoms with Crippen molar-refractivity contribution in [3.8, 4) is 0 Å². The molecule has 0 aliphatic carbocycles. The molecule has 0 N–H and O–H groups in total. The van der Waals surface area contributed by atoms with Gasteiger partial charge >= 0.3 is 0 Å². The van der Waals surface area contributed by atoms with E-state index in [0.717, 1.165) is 0 Å². The molecule has 59 heavy (non-hydrogen) atoms. The van der Waals surface area contributed by atoms with Crippen molar-refractivity contribution >= 4 is 452 Å². The maximum atomic E-state index is 6.60. The molecule has 0 aromatic carbocycles. The van der Waals surface area contributed by atoms with Crippen LogP contribution in [-0.4, -0.2) is 81.8 Å². The zero-order valence-corrected chi connectivity index (χ0v) is 54.4. The van der Waals surface area contributed by atoms with Crippen molar-refractivity contribution in [2.45, 2.75) is 81.8 Å². The fraction of sp³-hybridized carbons (Fsp3) is 0.950. The van der Waals surface area contributed by atoms with E-state index in [1.54, 1.807) is 0 Å². The fourth-order valence-electron chi connectivity index (χ4n) is 3.37. The van der Waals surface area contributed by atoms with Crippen LogP contribution in [0.2, 0.25) is 0 Å². The largest absolute Gasteiger partial charge is 0.226 e. The predicted octanol–water partition coefficient (Wildman–Crippen LogP) is 23.3. The van der Waals surface area contributed by atoms with Gasteiger partial charge in [-0.1, -0.05) is 452 Å². The first kappa shape index (κ1) is 70.3. The van der Waals surface area contributed by atoms with Crippen LogP contribution in [0.25, 0.3) is 0 Å². The summed E-state index contributed by atoms with van der Waals surface area (Å²) in [4.78, 5) is 0. The van der Waals surface area contributed by atoms with E-state index >= 15 is 0 Å². The first-order valence-electron chi connectivity index (χ1n) is 12.2. The molecule has 0 saturated heterocycles. The zero-order valence-electron chi connectivity index (χ0n) is 24.9. The third-order valence-electron chi connectivity index (χ3n) is 7.12. The van der Waals surface area contributed by atoms with Crippen LogP contribution < -0.4 is 0 Å². The average Bonchev–Trinajstić information content (AvgIpc) is 2.98. The Morgan fingerprint density at radius 2 is 0.220 bits per heavy atom. The molecular formula is C20H2Cl39. The summed E-state index contributed by atoms with van der Waals surface area (Å²) in [6.45, 7) is 3.27. The number of alkyl halides is 39. The van der Waals surface area contributed by atoms with E-state index in [4.69, 9.17) is 452 Å². The monoisotopic (exact) mass is 1610 g/mol. The minimum atomic E-state index is -3.74. The van der Waals surface area contributed by atoms with E-state index in [1.807, 2.05) is 0 Å². The van der Waals surface area contributed by atoms with Gasteiger partial charge in [0.2, 0.25) is 8.13 Å². The number of rotatable bonds is 17. The lowest BCUT2D eigenvalue weighted by atomic mass is 9.96. The van der Waals surface area contributed by atoms with Crippen LogP contribution in [0.5, 0.6) is 0 Å². The summed E-state index contributed by atoms with van der Waals surface area (Å²) in [6, 6.07) is 0. The second-order valence-corrected chi connectivity index (χ2v) is 37.3. The van der Waals surface area contributed by atoms with E-state index in [1.165, 1.54) is 0 Å². The molecular weight excluding hydrogens is 1620 g/mol. The van der Waals surface area contributed by atoms with Crippen LogP contribution in [0, 0.1) is 6.92 Å². The molecule has 0 heterocycles. The quantitative estimate of drug-likeness (QED) is 0.127. The highest BCUT2D eigenvalue weighted by Gasteiger charge is 2.88. The topological polar surface area (TPSA) is 0 Å². The van der Waals surface area contributed by atoms with Crippen molar-refractivity contribution in [3.63, 3.8) is 0 Å². The van der Waals surface area contributed by atoms with E-state index in [9.17, 15) is 0 Å². The van der Waals surface area contributed by atoms with Gasteiger partial charge in [-0.25, -0.2) is 0 Å². The highest BCUT2D eigenvalue weighted by Crippen LogP contribution is 2.79. The van der Waals surface area contributed by atoms with Gasteiger partial charge in [-0.2, -0.15) is 0 Å². The molecule has 0 spiro atoms. The minimum absolute atomic E-state index is 2.61. The van der Waals surface area contributed by atoms with E-state index < -0.39 is 81.8 Å². The van der Waals surface area contributed by atoms with E-state index in [-0.39, 0.29) is 0 Å². The van der Waals surface area contributed by atoms with Crippen LogP contribution in [0.1, 0.15) is 0 Å². The molecule has 39 heteroatoms. The van der Waals surface area contributed by atoms with Gasteiger partial charge in [0.05, 0.1) is 0 Å². The molecule has 0 atom stereocenters. The summed E-state index contributed by atoms with van der Waals surface area (Å²) < 4.78 is -65.4. The Kier molecular flexibility index (Phi) is 24.5. The standard InChI is InChI=1S/C20H2Cl39/c1-2(21,22)3(23,24)4(25,26)5(27,28)6(29,30)7(31,32)8(33,34)9(35,36)10(37,38)11(39,40)12(41,42)13(43,44)14(45,46)15(47,48)16(49,50)17(51,52)18(53,54)19(55,56)20(57,58)59/h1H2. The lowest BCUT2D eigenvalue weighted by Crippen LogP contribution is -2.76. The van der Waals surface area contributed by atoms with Crippen molar-refractivity contribution in [1.82, 2.24) is 0 Å². The van der Waals surface area contributed by atoms with Gasteiger partial charge in [-0.15, -0.1) is 0 Å². The Morgan fingerprint density at radius 3 is 0.305 bits per heavy atom. The van der Waals surface area contributed by atoms with Crippen molar-refractivity contribution in [3.05, 3.63) is 6.92 Å². The van der Waals surface area contributed by atoms with Crippen molar-refractivity contribution in [2.24, 2.45) is 0 Å². The Labute approximate surface area is 532 Å². The number of halogens is 39. The molecule has 0 amide bonds.